The van der Waals surface area contributed by atoms with Gasteiger partial charge in [-0.25, -0.2) is 0 Å². The average molecular weight is 451 g/mol. The second-order valence-corrected chi connectivity index (χ2v) is 13.3. The molecule has 3 heteroatoms. The van der Waals surface area contributed by atoms with Crippen molar-refractivity contribution in [2.75, 3.05) is 13.3 Å². The van der Waals surface area contributed by atoms with Gasteiger partial charge in [-0.15, -0.1) is 7.92 Å². The van der Waals surface area contributed by atoms with Crippen LogP contribution < -0.4 is 10.0 Å². The molecule has 0 saturated heterocycles. The molecule has 3 rings (SSSR count). The average Bonchev–Trinajstić information content (AvgIpc) is 2.75. The maximum Gasteiger partial charge on any atom is 0.123 e. The molecule has 0 aliphatic carbocycles. The molecule has 3 aromatic carbocycles. The van der Waals surface area contributed by atoms with Gasteiger partial charge in [0.15, 0.2) is 0 Å². The fourth-order valence-corrected chi connectivity index (χ4v) is 6.70. The van der Waals surface area contributed by atoms with Gasteiger partial charge in [0.1, 0.15) is 12.4 Å². The highest BCUT2D eigenvalue weighted by atomic mass is 31.1. The molecule has 31 heavy (non-hydrogen) atoms. The minimum Gasteiger partial charge on any atom is -0.489 e. The van der Waals surface area contributed by atoms with Crippen molar-refractivity contribution in [1.29, 1.82) is 0 Å². The van der Waals surface area contributed by atoms with Crippen LogP contribution in [-0.2, 0) is 17.9 Å². The first kappa shape index (κ1) is 24.0. The highest BCUT2D eigenvalue weighted by Crippen LogP contribution is 2.49. The van der Waals surface area contributed by atoms with Crippen LogP contribution in [0, 0.1) is 13.8 Å². The standard InChI is InChI=1S/C28H36OP2/c1-7-28(4,30-27-22(3)12-11-15-24(27)20-31(5)6)25-18-21(2)16-17-26(25)29-19-23-13-9-8-10-14-23/h8-18,30H,7,19-20H2,1-6H3. The van der Waals surface area contributed by atoms with Gasteiger partial charge in [-0.2, -0.15) is 0 Å². The molecule has 0 N–H and O–H groups in total. The van der Waals surface area contributed by atoms with E-state index in [1.807, 2.05) is 6.07 Å². The molecule has 3 aromatic rings. The number of hydrogen-bond acceptors (Lipinski definition) is 1. The third-order valence-electron chi connectivity index (χ3n) is 5.92. The van der Waals surface area contributed by atoms with E-state index in [-0.39, 0.29) is 13.1 Å². The molecule has 0 aromatic heterocycles. The molecule has 0 fully saturated rings. The Kier molecular flexibility index (Phi) is 8.32. The predicted molar refractivity (Wildman–Crippen MR) is 141 cm³/mol. The van der Waals surface area contributed by atoms with Crippen molar-refractivity contribution in [3.05, 3.63) is 94.5 Å². The van der Waals surface area contributed by atoms with E-state index in [4.69, 9.17) is 4.74 Å². The summed E-state index contributed by atoms with van der Waals surface area (Å²) in [5.41, 5.74) is 6.80. The minimum absolute atomic E-state index is 0.0314. The van der Waals surface area contributed by atoms with Crippen molar-refractivity contribution < 1.29 is 4.74 Å². The summed E-state index contributed by atoms with van der Waals surface area (Å²) >= 11 is 0. The van der Waals surface area contributed by atoms with Crippen LogP contribution in [0.3, 0.4) is 0 Å². The Labute approximate surface area is 192 Å². The van der Waals surface area contributed by atoms with Gasteiger partial charge in [-0.3, -0.25) is 0 Å². The quantitative estimate of drug-likeness (QED) is 0.303. The Bertz CT molecular complexity index is 997. The number of hydrogen-bond donors (Lipinski definition) is 0. The van der Waals surface area contributed by atoms with Gasteiger partial charge in [0.25, 0.3) is 0 Å². The maximum absolute atomic E-state index is 6.40. The fraction of sp³-hybridized carbons (Fsp3) is 0.357. The van der Waals surface area contributed by atoms with Crippen LogP contribution in [0.2, 0.25) is 0 Å². The maximum atomic E-state index is 6.40. The second-order valence-electron chi connectivity index (χ2n) is 8.93. The Morgan fingerprint density at radius 3 is 2.35 bits per heavy atom. The molecule has 1 nitrogen and oxygen atoms in total. The smallest absolute Gasteiger partial charge is 0.123 e. The van der Waals surface area contributed by atoms with Crippen molar-refractivity contribution in [3.63, 3.8) is 0 Å². The van der Waals surface area contributed by atoms with Crippen LogP contribution in [0.4, 0.5) is 0 Å². The third-order valence-corrected chi connectivity index (χ3v) is 9.03. The summed E-state index contributed by atoms with van der Waals surface area (Å²) in [5, 5.41) is 1.60. The van der Waals surface area contributed by atoms with E-state index in [1.165, 1.54) is 34.0 Å². The number of rotatable bonds is 9. The zero-order valence-corrected chi connectivity index (χ0v) is 21.7. The molecule has 2 atom stereocenters. The van der Waals surface area contributed by atoms with Gasteiger partial charge in [0.2, 0.25) is 0 Å². The number of aryl methyl sites for hydroxylation is 2. The van der Waals surface area contributed by atoms with Crippen LogP contribution >= 0.6 is 16.5 Å². The lowest BCUT2D eigenvalue weighted by atomic mass is 9.95. The summed E-state index contributed by atoms with van der Waals surface area (Å²) in [5.74, 6) is 1.02. The molecule has 2 unspecified atom stereocenters. The van der Waals surface area contributed by atoms with Crippen LogP contribution in [-0.4, -0.2) is 13.3 Å². The van der Waals surface area contributed by atoms with E-state index in [0.29, 0.717) is 6.61 Å². The lowest BCUT2D eigenvalue weighted by Crippen LogP contribution is -2.22. The molecule has 0 aliphatic rings. The van der Waals surface area contributed by atoms with Gasteiger partial charge < -0.3 is 4.74 Å². The van der Waals surface area contributed by atoms with Crippen LogP contribution in [0.15, 0.2) is 66.7 Å². The Morgan fingerprint density at radius 1 is 0.935 bits per heavy atom. The van der Waals surface area contributed by atoms with E-state index in [0.717, 1.165) is 20.8 Å². The van der Waals surface area contributed by atoms with Crippen molar-refractivity contribution in [2.24, 2.45) is 0 Å². The van der Waals surface area contributed by atoms with E-state index in [1.54, 1.807) is 5.30 Å². The number of benzene rings is 3. The summed E-state index contributed by atoms with van der Waals surface area (Å²) in [7, 11) is 0.749. The van der Waals surface area contributed by atoms with E-state index >= 15 is 0 Å². The molecule has 0 aliphatic heterocycles. The molecule has 0 spiro atoms. The Hall–Kier alpha value is -1.68. The molecule has 164 valence electrons. The zero-order valence-electron chi connectivity index (χ0n) is 19.8. The lowest BCUT2D eigenvalue weighted by molar-refractivity contribution is 0.299. The molecule has 0 bridgehead atoms. The van der Waals surface area contributed by atoms with Gasteiger partial charge in [-0.1, -0.05) is 88.7 Å². The summed E-state index contributed by atoms with van der Waals surface area (Å²) in [4.78, 5) is 0. The SMILES string of the molecule is CCC(C)(Pc1c(C)cccc1CP(C)C)c1cc(C)ccc1OCc1ccccc1. The third kappa shape index (κ3) is 6.19. The van der Waals surface area contributed by atoms with Gasteiger partial charge in [0, 0.05) is 10.7 Å². The van der Waals surface area contributed by atoms with Crippen LogP contribution in [0.5, 0.6) is 5.75 Å². The molecule has 0 amide bonds. The summed E-state index contributed by atoms with van der Waals surface area (Å²) < 4.78 is 6.40. The largest absolute Gasteiger partial charge is 0.489 e. The van der Waals surface area contributed by atoms with Crippen LogP contribution in [0.25, 0.3) is 0 Å². The molecular weight excluding hydrogens is 414 g/mol. The molecule has 0 radical (unpaired) electrons. The van der Waals surface area contributed by atoms with Crippen molar-refractivity contribution in [3.8, 4) is 5.75 Å². The van der Waals surface area contributed by atoms with Gasteiger partial charge >= 0.3 is 0 Å². The minimum atomic E-state index is 0.0314. The van der Waals surface area contributed by atoms with Gasteiger partial charge in [0.05, 0.1) is 0 Å². The Morgan fingerprint density at radius 2 is 1.68 bits per heavy atom. The van der Waals surface area contributed by atoms with E-state index in [2.05, 4.69) is 102 Å². The van der Waals surface area contributed by atoms with Gasteiger partial charge in [-0.05, 0) is 67.8 Å². The highest BCUT2D eigenvalue weighted by molar-refractivity contribution is 7.55. The summed E-state index contributed by atoms with van der Waals surface area (Å²) in [6, 6.07) is 24.0. The number of ether oxygens (including phenoxy) is 1. The van der Waals surface area contributed by atoms with E-state index in [9.17, 15) is 0 Å². The fourth-order valence-electron chi connectivity index (χ4n) is 3.94. The van der Waals surface area contributed by atoms with Crippen molar-refractivity contribution in [2.45, 2.75) is 52.0 Å². The second kappa shape index (κ2) is 10.8. The zero-order chi connectivity index (χ0) is 22.4. The Balaban J connectivity index is 1.97. The first-order chi connectivity index (χ1) is 14.8. The highest BCUT2D eigenvalue weighted by Gasteiger charge is 2.30. The van der Waals surface area contributed by atoms with Crippen molar-refractivity contribution >= 4 is 21.8 Å². The first-order valence-electron chi connectivity index (χ1n) is 11.1. The van der Waals surface area contributed by atoms with Crippen molar-refractivity contribution in [1.82, 2.24) is 0 Å². The topological polar surface area (TPSA) is 9.23 Å². The van der Waals surface area contributed by atoms with Crippen LogP contribution in [0.1, 0.15) is 48.1 Å². The molecule has 0 saturated carbocycles. The monoisotopic (exact) mass is 450 g/mol. The summed E-state index contributed by atoms with van der Waals surface area (Å²) in [6.45, 7) is 14.6. The molecular formula is C28H36OP2. The van der Waals surface area contributed by atoms with E-state index < -0.39 is 0 Å². The summed E-state index contributed by atoms with van der Waals surface area (Å²) in [6.07, 6.45) is 2.28. The first-order valence-corrected chi connectivity index (χ1v) is 14.5. The predicted octanol–water partition coefficient (Wildman–Crippen LogP) is 7.75. The molecule has 0 heterocycles. The lowest BCUT2D eigenvalue weighted by Gasteiger charge is -2.33. The normalized spacial score (nSPS) is 13.6.